The van der Waals surface area contributed by atoms with Crippen LogP contribution in [0.1, 0.15) is 10.4 Å². The first-order valence-electron chi connectivity index (χ1n) is 5.50. The summed E-state index contributed by atoms with van der Waals surface area (Å²) < 4.78 is 1.58. The fourth-order valence-corrected chi connectivity index (χ4v) is 1.78. The van der Waals surface area contributed by atoms with Crippen molar-refractivity contribution >= 4 is 41.0 Å². The number of halogens is 2. The Morgan fingerprint density at radius 2 is 1.68 bits per heavy atom. The standard InChI is InChI=1S/C14H10Cl2N2O/c15-11-3-1-10(2-4-11)13(19)7-8-18-9-12(16)5-6-14(18)17/h1-9,17H/p+1/b8-7+. The number of pyridine rings is 1. The van der Waals surface area contributed by atoms with E-state index in [0.29, 0.717) is 21.4 Å². The maximum Gasteiger partial charge on any atom is 0.277 e. The predicted octanol–water partition coefficient (Wildman–Crippen LogP) is 3.22. The lowest BCUT2D eigenvalue weighted by Gasteiger charge is -1.98. The van der Waals surface area contributed by atoms with Crippen molar-refractivity contribution < 1.29 is 9.36 Å². The molecule has 0 spiro atoms. The van der Waals surface area contributed by atoms with Crippen molar-refractivity contribution in [2.45, 2.75) is 0 Å². The van der Waals surface area contributed by atoms with Crippen LogP contribution in [0.5, 0.6) is 0 Å². The minimum Gasteiger partial charge on any atom is -0.289 e. The fraction of sp³-hybridized carbons (Fsp3) is 0. The lowest BCUT2D eigenvalue weighted by atomic mass is 10.1. The number of anilines is 1. The number of allylic oxidation sites excluding steroid dienone is 1. The van der Waals surface area contributed by atoms with Crippen molar-refractivity contribution in [2.75, 3.05) is 5.73 Å². The van der Waals surface area contributed by atoms with Crippen LogP contribution in [0.4, 0.5) is 5.82 Å². The number of hydrogen-bond donors (Lipinski definition) is 1. The molecule has 0 saturated heterocycles. The third-order valence-corrected chi connectivity index (χ3v) is 2.96. The zero-order valence-electron chi connectivity index (χ0n) is 9.88. The smallest absolute Gasteiger partial charge is 0.277 e. The van der Waals surface area contributed by atoms with Gasteiger partial charge in [-0.3, -0.25) is 10.5 Å². The fourth-order valence-electron chi connectivity index (χ4n) is 1.49. The van der Waals surface area contributed by atoms with Gasteiger partial charge in [0.1, 0.15) is 6.20 Å². The zero-order valence-corrected chi connectivity index (χ0v) is 11.4. The van der Waals surface area contributed by atoms with E-state index >= 15 is 0 Å². The van der Waals surface area contributed by atoms with Gasteiger partial charge in [-0.15, -0.1) is 0 Å². The van der Waals surface area contributed by atoms with Gasteiger partial charge in [-0.1, -0.05) is 23.2 Å². The van der Waals surface area contributed by atoms with Gasteiger partial charge in [0, 0.05) is 22.7 Å². The van der Waals surface area contributed by atoms with E-state index in [9.17, 15) is 4.79 Å². The van der Waals surface area contributed by atoms with Crippen LogP contribution in [0, 0.1) is 0 Å². The van der Waals surface area contributed by atoms with Crippen molar-refractivity contribution in [3.63, 3.8) is 0 Å². The molecule has 0 fully saturated rings. The van der Waals surface area contributed by atoms with E-state index in [1.54, 1.807) is 53.4 Å². The van der Waals surface area contributed by atoms with Crippen LogP contribution in [-0.4, -0.2) is 5.78 Å². The summed E-state index contributed by atoms with van der Waals surface area (Å²) in [6.07, 6.45) is 4.62. The average molecular weight is 294 g/mol. The number of carbonyl (C=O) groups excluding carboxylic acids is 1. The molecule has 1 aromatic carbocycles. The second-order valence-electron chi connectivity index (χ2n) is 3.87. The zero-order chi connectivity index (χ0) is 13.8. The van der Waals surface area contributed by atoms with Crippen LogP contribution in [0.2, 0.25) is 10.0 Å². The average Bonchev–Trinajstić information content (AvgIpc) is 2.40. The molecule has 0 amide bonds. The molecule has 0 unspecified atom stereocenters. The summed E-state index contributed by atoms with van der Waals surface area (Å²) in [6.45, 7) is 0. The third kappa shape index (κ3) is 3.56. The molecule has 2 N–H and O–H groups in total. The van der Waals surface area contributed by atoms with E-state index in [2.05, 4.69) is 0 Å². The number of aromatic nitrogens is 1. The highest BCUT2D eigenvalue weighted by Crippen LogP contribution is 2.10. The van der Waals surface area contributed by atoms with Crippen LogP contribution in [-0.2, 0) is 0 Å². The number of ketones is 1. The molecule has 2 aromatic rings. The highest BCUT2D eigenvalue weighted by molar-refractivity contribution is 6.30. The van der Waals surface area contributed by atoms with Crippen LogP contribution in [0.15, 0.2) is 48.7 Å². The molecule has 0 saturated carbocycles. The first-order valence-corrected chi connectivity index (χ1v) is 6.26. The lowest BCUT2D eigenvalue weighted by Crippen LogP contribution is -2.30. The molecule has 3 nitrogen and oxygen atoms in total. The Bertz CT molecular complexity index is 636. The van der Waals surface area contributed by atoms with E-state index in [-0.39, 0.29) is 5.78 Å². The monoisotopic (exact) mass is 293 g/mol. The summed E-state index contributed by atoms with van der Waals surface area (Å²) in [5.74, 6) is 0.355. The highest BCUT2D eigenvalue weighted by Gasteiger charge is 2.05. The third-order valence-electron chi connectivity index (χ3n) is 2.49. The topological polar surface area (TPSA) is 47.0 Å². The maximum absolute atomic E-state index is 11.9. The Kier molecular flexibility index (Phi) is 4.20. The van der Waals surface area contributed by atoms with E-state index in [1.165, 1.54) is 6.08 Å². The van der Waals surface area contributed by atoms with Crippen LogP contribution < -0.4 is 10.3 Å². The van der Waals surface area contributed by atoms with Crippen LogP contribution in [0.25, 0.3) is 6.20 Å². The van der Waals surface area contributed by atoms with Gasteiger partial charge in [0.2, 0.25) is 0 Å². The minimum absolute atomic E-state index is 0.136. The van der Waals surface area contributed by atoms with Gasteiger partial charge < -0.3 is 0 Å². The van der Waals surface area contributed by atoms with Gasteiger partial charge in [-0.2, -0.15) is 0 Å². The van der Waals surface area contributed by atoms with Crippen LogP contribution >= 0.6 is 23.2 Å². The molecular formula is C14H11Cl2N2O+. The molecule has 96 valence electrons. The molecule has 5 heteroatoms. The molecule has 0 radical (unpaired) electrons. The Balaban J connectivity index is 2.20. The molecule has 0 aliphatic carbocycles. The summed E-state index contributed by atoms with van der Waals surface area (Å²) in [7, 11) is 0. The Hall–Kier alpha value is -1.84. The first kappa shape index (κ1) is 13.6. The number of nitrogen functional groups attached to an aromatic ring is 1. The van der Waals surface area contributed by atoms with E-state index in [0.717, 1.165) is 0 Å². The number of hydrogen-bond acceptors (Lipinski definition) is 2. The van der Waals surface area contributed by atoms with Crippen molar-refractivity contribution in [1.29, 1.82) is 0 Å². The molecule has 0 atom stereocenters. The summed E-state index contributed by atoms with van der Waals surface area (Å²) >= 11 is 11.6. The summed E-state index contributed by atoms with van der Waals surface area (Å²) in [5.41, 5.74) is 6.32. The van der Waals surface area contributed by atoms with Crippen molar-refractivity contribution in [3.05, 3.63) is 64.3 Å². The van der Waals surface area contributed by atoms with Gasteiger partial charge in [0.15, 0.2) is 5.78 Å². The molecule has 2 rings (SSSR count). The second-order valence-corrected chi connectivity index (χ2v) is 4.74. The van der Waals surface area contributed by atoms with Gasteiger partial charge in [-0.25, -0.2) is 4.57 Å². The van der Waals surface area contributed by atoms with Gasteiger partial charge in [-0.05, 0) is 30.3 Å². The molecule has 0 aliphatic rings. The highest BCUT2D eigenvalue weighted by atomic mass is 35.5. The molecule has 19 heavy (non-hydrogen) atoms. The van der Waals surface area contributed by atoms with Crippen LogP contribution in [0.3, 0.4) is 0 Å². The second kappa shape index (κ2) is 5.87. The molecule has 0 aliphatic heterocycles. The normalized spacial score (nSPS) is 10.8. The number of nitrogens with two attached hydrogens (primary N) is 1. The number of carbonyl (C=O) groups is 1. The molecule has 1 aromatic heterocycles. The predicted molar refractivity (Wildman–Crippen MR) is 77.2 cm³/mol. The molecular weight excluding hydrogens is 283 g/mol. The van der Waals surface area contributed by atoms with Gasteiger partial charge >= 0.3 is 0 Å². The van der Waals surface area contributed by atoms with E-state index in [4.69, 9.17) is 28.9 Å². The minimum atomic E-state index is -0.136. The lowest BCUT2D eigenvalue weighted by molar-refractivity contribution is -0.552. The number of rotatable bonds is 3. The number of nitrogens with zero attached hydrogens (tertiary/aromatic N) is 1. The molecule has 0 bridgehead atoms. The Morgan fingerprint density at radius 1 is 1.05 bits per heavy atom. The summed E-state index contributed by atoms with van der Waals surface area (Å²) in [6, 6.07) is 10.0. The molecule has 1 heterocycles. The summed E-state index contributed by atoms with van der Waals surface area (Å²) in [4.78, 5) is 11.9. The summed E-state index contributed by atoms with van der Waals surface area (Å²) in [5, 5.41) is 1.13. The SMILES string of the molecule is Nc1ccc(Cl)c[n+]1/C=C/C(=O)c1ccc(Cl)cc1. The first-order chi connectivity index (χ1) is 9.06. The largest absolute Gasteiger partial charge is 0.289 e. The van der Waals surface area contributed by atoms with Crippen molar-refractivity contribution in [3.8, 4) is 0 Å². The van der Waals surface area contributed by atoms with Crippen molar-refractivity contribution in [2.24, 2.45) is 0 Å². The number of benzene rings is 1. The van der Waals surface area contributed by atoms with Gasteiger partial charge in [0.05, 0.1) is 11.2 Å². The van der Waals surface area contributed by atoms with E-state index in [1.807, 2.05) is 0 Å². The van der Waals surface area contributed by atoms with Crippen molar-refractivity contribution in [1.82, 2.24) is 0 Å². The van der Waals surface area contributed by atoms with E-state index < -0.39 is 0 Å². The Labute approximate surface area is 120 Å². The Morgan fingerprint density at radius 3 is 2.37 bits per heavy atom. The maximum atomic E-state index is 11.9. The quantitative estimate of drug-likeness (QED) is 0.537. The van der Waals surface area contributed by atoms with Gasteiger partial charge in [0.25, 0.3) is 5.82 Å².